The summed E-state index contributed by atoms with van der Waals surface area (Å²) >= 11 is 0. The van der Waals surface area contributed by atoms with Gasteiger partial charge in [-0.25, -0.2) is 0 Å². The van der Waals surface area contributed by atoms with E-state index in [4.69, 9.17) is 15.2 Å². The summed E-state index contributed by atoms with van der Waals surface area (Å²) in [4.78, 5) is 0. The summed E-state index contributed by atoms with van der Waals surface area (Å²) in [5.41, 5.74) is 5.50. The fourth-order valence-electron chi connectivity index (χ4n) is 4.64. The van der Waals surface area contributed by atoms with Gasteiger partial charge in [-0.2, -0.15) is 0 Å². The Morgan fingerprint density at radius 3 is 2.04 bits per heavy atom. The zero-order valence-electron chi connectivity index (χ0n) is 15.3. The molecule has 2 fully saturated rings. The highest BCUT2D eigenvalue weighted by molar-refractivity contribution is 4.83. The van der Waals surface area contributed by atoms with Gasteiger partial charge in [-0.1, -0.05) is 58.3 Å². The maximum atomic E-state index is 6.42. The summed E-state index contributed by atoms with van der Waals surface area (Å²) in [5.74, 6) is 2.38. The van der Waals surface area contributed by atoms with Crippen molar-refractivity contribution >= 4 is 0 Å². The van der Waals surface area contributed by atoms with E-state index in [0.29, 0.717) is 18.6 Å². The summed E-state index contributed by atoms with van der Waals surface area (Å²) < 4.78 is 12.1. The molecule has 0 aromatic heterocycles. The Bertz CT molecular complexity index is 285. The van der Waals surface area contributed by atoms with E-state index in [9.17, 15) is 0 Å². The van der Waals surface area contributed by atoms with Gasteiger partial charge in [-0.3, -0.25) is 0 Å². The van der Waals surface area contributed by atoms with Crippen molar-refractivity contribution in [2.24, 2.45) is 23.5 Å². The lowest BCUT2D eigenvalue weighted by Gasteiger charge is -2.39. The van der Waals surface area contributed by atoms with E-state index < -0.39 is 0 Å². The van der Waals surface area contributed by atoms with Crippen LogP contribution in [0.1, 0.15) is 77.6 Å². The van der Waals surface area contributed by atoms with Crippen LogP contribution in [0, 0.1) is 17.8 Å². The molecule has 2 aliphatic rings. The van der Waals surface area contributed by atoms with E-state index in [-0.39, 0.29) is 0 Å². The number of ether oxygens (including phenoxy) is 2. The molecule has 0 aromatic carbocycles. The monoisotopic (exact) mass is 325 g/mol. The molecule has 3 heteroatoms. The van der Waals surface area contributed by atoms with E-state index in [1.165, 1.54) is 64.2 Å². The summed E-state index contributed by atoms with van der Waals surface area (Å²) in [6.07, 6.45) is 15.5. The van der Waals surface area contributed by atoms with Crippen molar-refractivity contribution in [1.29, 1.82) is 0 Å². The molecule has 2 N–H and O–H groups in total. The van der Waals surface area contributed by atoms with E-state index in [0.717, 1.165) is 38.1 Å². The topological polar surface area (TPSA) is 44.5 Å². The molecule has 136 valence electrons. The molecular weight excluding hydrogens is 286 g/mol. The molecule has 2 atom stereocenters. The average Bonchev–Trinajstić information content (AvgIpc) is 2.62. The summed E-state index contributed by atoms with van der Waals surface area (Å²) in [6, 6.07) is 0. The molecule has 3 nitrogen and oxygen atoms in total. The van der Waals surface area contributed by atoms with Crippen LogP contribution in [-0.2, 0) is 9.47 Å². The molecular formula is C20H39NO2. The van der Waals surface area contributed by atoms with Crippen LogP contribution in [0.15, 0.2) is 0 Å². The van der Waals surface area contributed by atoms with Gasteiger partial charge in [-0.05, 0) is 43.6 Å². The van der Waals surface area contributed by atoms with Gasteiger partial charge in [-0.15, -0.1) is 0 Å². The predicted molar refractivity (Wildman–Crippen MR) is 96.5 cm³/mol. The highest BCUT2D eigenvalue weighted by Crippen LogP contribution is 2.38. The van der Waals surface area contributed by atoms with Crippen molar-refractivity contribution in [3.05, 3.63) is 0 Å². The van der Waals surface area contributed by atoms with Crippen LogP contribution in [0.5, 0.6) is 0 Å². The summed E-state index contributed by atoms with van der Waals surface area (Å²) in [5, 5.41) is 0. The van der Waals surface area contributed by atoms with Gasteiger partial charge in [0.1, 0.15) is 0 Å². The summed E-state index contributed by atoms with van der Waals surface area (Å²) in [7, 11) is 0. The Hall–Kier alpha value is -0.120. The normalized spacial score (nSPS) is 23.7. The van der Waals surface area contributed by atoms with Crippen LogP contribution in [0.3, 0.4) is 0 Å². The third-order valence-electron chi connectivity index (χ3n) is 6.06. The van der Waals surface area contributed by atoms with Crippen LogP contribution in [0.25, 0.3) is 0 Å². The van der Waals surface area contributed by atoms with Gasteiger partial charge in [0.05, 0.1) is 19.3 Å². The number of hydrogen-bond acceptors (Lipinski definition) is 3. The second-order valence-electron chi connectivity index (χ2n) is 7.75. The largest absolute Gasteiger partial charge is 0.379 e. The smallest absolute Gasteiger partial charge is 0.0704 e. The van der Waals surface area contributed by atoms with Gasteiger partial charge in [0.2, 0.25) is 0 Å². The molecule has 0 heterocycles. The van der Waals surface area contributed by atoms with Gasteiger partial charge >= 0.3 is 0 Å². The second kappa shape index (κ2) is 11.4. The molecule has 0 saturated heterocycles. The first-order chi connectivity index (χ1) is 11.3. The molecule has 0 aliphatic heterocycles. The Morgan fingerprint density at radius 1 is 0.826 bits per heavy atom. The first-order valence-corrected chi connectivity index (χ1v) is 10.2. The highest BCUT2D eigenvalue weighted by Gasteiger charge is 2.33. The number of rotatable bonds is 10. The Kier molecular flexibility index (Phi) is 9.55. The maximum absolute atomic E-state index is 6.42. The Labute approximate surface area is 143 Å². The van der Waals surface area contributed by atoms with Crippen LogP contribution < -0.4 is 5.73 Å². The first-order valence-electron chi connectivity index (χ1n) is 10.2. The minimum Gasteiger partial charge on any atom is -0.379 e. The van der Waals surface area contributed by atoms with Crippen LogP contribution in [0.4, 0.5) is 0 Å². The van der Waals surface area contributed by atoms with Crippen molar-refractivity contribution in [3.63, 3.8) is 0 Å². The van der Waals surface area contributed by atoms with Crippen molar-refractivity contribution in [1.82, 2.24) is 0 Å². The van der Waals surface area contributed by atoms with Gasteiger partial charge in [0.25, 0.3) is 0 Å². The van der Waals surface area contributed by atoms with E-state index in [1.54, 1.807) is 0 Å². The molecule has 0 radical (unpaired) electrons. The highest BCUT2D eigenvalue weighted by atomic mass is 16.5. The third-order valence-corrected chi connectivity index (χ3v) is 6.06. The molecule has 0 amide bonds. The molecule has 2 aliphatic carbocycles. The molecule has 2 unspecified atom stereocenters. The minimum absolute atomic E-state index is 0.455. The van der Waals surface area contributed by atoms with Crippen molar-refractivity contribution in [3.8, 4) is 0 Å². The van der Waals surface area contributed by atoms with Crippen LogP contribution in [-0.4, -0.2) is 32.5 Å². The van der Waals surface area contributed by atoms with Crippen LogP contribution in [0.2, 0.25) is 0 Å². The number of hydrogen-bond donors (Lipinski definition) is 1. The van der Waals surface area contributed by atoms with Gasteiger partial charge in [0, 0.05) is 6.61 Å². The molecule has 0 aromatic rings. The lowest BCUT2D eigenvalue weighted by Crippen LogP contribution is -2.37. The average molecular weight is 326 g/mol. The predicted octanol–water partition coefficient (Wildman–Crippen LogP) is 4.53. The second-order valence-corrected chi connectivity index (χ2v) is 7.75. The number of nitrogens with two attached hydrogens (primary N) is 1. The molecule has 23 heavy (non-hydrogen) atoms. The molecule has 2 saturated carbocycles. The van der Waals surface area contributed by atoms with E-state index in [1.807, 2.05) is 0 Å². The zero-order chi connectivity index (χ0) is 16.3. The lowest BCUT2D eigenvalue weighted by molar-refractivity contribution is -0.0699. The standard InChI is InChI=1S/C20H39NO2/c1-17(18-9-4-2-5-10-18)20(19-11-6-3-7-12-19)23-16-15-22-14-8-13-21/h17-20H,2-16,21H2,1H3. The lowest BCUT2D eigenvalue weighted by atomic mass is 9.72. The SMILES string of the molecule is CC(C1CCCCC1)C(OCCOCCCN)C1CCCCC1. The molecule has 0 spiro atoms. The van der Waals surface area contributed by atoms with E-state index >= 15 is 0 Å². The molecule has 2 rings (SSSR count). The molecule has 0 bridgehead atoms. The minimum atomic E-state index is 0.455. The first kappa shape index (κ1) is 19.2. The van der Waals surface area contributed by atoms with Gasteiger partial charge in [0.15, 0.2) is 0 Å². The Morgan fingerprint density at radius 2 is 1.43 bits per heavy atom. The summed E-state index contributed by atoms with van der Waals surface area (Å²) in [6.45, 7) is 5.42. The van der Waals surface area contributed by atoms with Gasteiger partial charge < -0.3 is 15.2 Å². The third kappa shape index (κ3) is 6.72. The van der Waals surface area contributed by atoms with Crippen molar-refractivity contribution in [2.75, 3.05) is 26.4 Å². The maximum Gasteiger partial charge on any atom is 0.0704 e. The van der Waals surface area contributed by atoms with Crippen molar-refractivity contribution < 1.29 is 9.47 Å². The quantitative estimate of drug-likeness (QED) is 0.600. The fraction of sp³-hybridized carbons (Fsp3) is 1.00. The zero-order valence-corrected chi connectivity index (χ0v) is 15.3. The fourth-order valence-corrected chi connectivity index (χ4v) is 4.64. The van der Waals surface area contributed by atoms with Crippen LogP contribution >= 0.6 is 0 Å². The Balaban J connectivity index is 1.80. The van der Waals surface area contributed by atoms with E-state index in [2.05, 4.69) is 6.92 Å². The van der Waals surface area contributed by atoms with Crippen molar-refractivity contribution in [2.45, 2.75) is 83.7 Å².